The number of hydrogen-bond donors (Lipinski definition) is 1. The van der Waals surface area contributed by atoms with Crippen LogP contribution in [0.1, 0.15) is 25.7 Å². The number of allylic oxidation sites excluding steroid dienone is 2. The molecule has 0 unspecified atom stereocenters. The smallest absolute Gasteiger partial charge is 0.209 e. The third kappa shape index (κ3) is 5.32. The highest BCUT2D eigenvalue weighted by Crippen LogP contribution is 2.30. The lowest BCUT2D eigenvalue weighted by molar-refractivity contribution is 0.595. The van der Waals surface area contributed by atoms with Crippen LogP contribution in [0.15, 0.2) is 12.2 Å². The molecule has 1 aliphatic rings. The fourth-order valence-corrected chi connectivity index (χ4v) is 1.55. The lowest BCUT2D eigenvalue weighted by Crippen LogP contribution is -2.15. The molecule has 4 heteroatoms. The molecule has 0 atom stereocenters. The molecule has 0 aromatic heterocycles. The molecule has 0 radical (unpaired) electrons. The van der Waals surface area contributed by atoms with Crippen molar-refractivity contribution in [2.45, 2.75) is 25.7 Å². The molecule has 1 rings (SSSR count). The molecule has 0 aromatic carbocycles. The Morgan fingerprint density at radius 1 is 1.42 bits per heavy atom. The van der Waals surface area contributed by atoms with Gasteiger partial charge in [0.2, 0.25) is 10.0 Å². The predicted octanol–water partition coefficient (Wildman–Crippen LogP) is 1.02. The Morgan fingerprint density at radius 3 is 2.58 bits per heavy atom. The van der Waals surface area contributed by atoms with E-state index in [9.17, 15) is 8.42 Å². The van der Waals surface area contributed by atoms with Gasteiger partial charge in [-0.15, -0.1) is 0 Å². The van der Waals surface area contributed by atoms with Crippen molar-refractivity contribution in [3.05, 3.63) is 12.2 Å². The van der Waals surface area contributed by atoms with Gasteiger partial charge in [-0.25, -0.2) is 13.6 Å². The molecule has 3 nitrogen and oxygen atoms in total. The van der Waals surface area contributed by atoms with E-state index in [0.717, 1.165) is 12.3 Å². The number of unbranched alkanes of at least 4 members (excludes halogenated alkanes) is 1. The summed E-state index contributed by atoms with van der Waals surface area (Å²) in [4.78, 5) is 0. The van der Waals surface area contributed by atoms with E-state index in [1.165, 1.54) is 12.8 Å². The summed E-state index contributed by atoms with van der Waals surface area (Å²) in [6.07, 6.45) is 8.29. The molecule has 0 amide bonds. The van der Waals surface area contributed by atoms with Crippen LogP contribution in [0.2, 0.25) is 0 Å². The molecular weight excluding hydrogens is 174 g/mol. The van der Waals surface area contributed by atoms with Gasteiger partial charge >= 0.3 is 0 Å². The quantitative estimate of drug-likeness (QED) is 0.518. The summed E-state index contributed by atoms with van der Waals surface area (Å²) in [6.45, 7) is 0. The molecule has 12 heavy (non-hydrogen) atoms. The van der Waals surface area contributed by atoms with Crippen LogP contribution < -0.4 is 5.14 Å². The van der Waals surface area contributed by atoms with Crippen LogP contribution in [0.25, 0.3) is 0 Å². The molecule has 0 spiro atoms. The molecule has 70 valence electrons. The second kappa shape index (κ2) is 4.05. The maximum Gasteiger partial charge on any atom is 0.209 e. The molecular formula is C8H15NO2S. The van der Waals surface area contributed by atoms with Crippen LogP contribution in [0, 0.1) is 5.92 Å². The van der Waals surface area contributed by atoms with Crippen LogP contribution in [0.3, 0.4) is 0 Å². The molecule has 0 bridgehead atoms. The zero-order valence-electron chi connectivity index (χ0n) is 7.07. The minimum Gasteiger partial charge on any atom is -0.229 e. The molecule has 1 saturated carbocycles. The molecule has 2 N–H and O–H groups in total. The van der Waals surface area contributed by atoms with Crippen LogP contribution in [0.4, 0.5) is 0 Å². The van der Waals surface area contributed by atoms with Crippen molar-refractivity contribution in [2.75, 3.05) is 5.75 Å². The minimum atomic E-state index is -3.24. The second-order valence-electron chi connectivity index (χ2n) is 3.27. The average Bonchev–Trinajstić information content (AvgIpc) is 2.68. The fourth-order valence-electron chi connectivity index (χ4n) is 0.980. The first-order valence-corrected chi connectivity index (χ1v) is 5.96. The van der Waals surface area contributed by atoms with Crippen molar-refractivity contribution in [3.63, 3.8) is 0 Å². The van der Waals surface area contributed by atoms with E-state index < -0.39 is 10.0 Å². The summed E-state index contributed by atoms with van der Waals surface area (Å²) >= 11 is 0. The number of primary sulfonamides is 1. The zero-order valence-corrected chi connectivity index (χ0v) is 7.89. The maximum absolute atomic E-state index is 10.5. The first kappa shape index (κ1) is 9.74. The highest BCUT2D eigenvalue weighted by atomic mass is 32.2. The Hall–Kier alpha value is -0.350. The van der Waals surface area contributed by atoms with E-state index in [1.54, 1.807) is 0 Å². The van der Waals surface area contributed by atoms with E-state index in [-0.39, 0.29) is 5.75 Å². The molecule has 1 fully saturated rings. The molecule has 1 aliphatic carbocycles. The molecule has 0 heterocycles. The van der Waals surface area contributed by atoms with E-state index in [0.29, 0.717) is 6.42 Å². The largest absolute Gasteiger partial charge is 0.229 e. The van der Waals surface area contributed by atoms with E-state index in [1.807, 2.05) is 0 Å². The van der Waals surface area contributed by atoms with Crippen LogP contribution in [-0.2, 0) is 10.0 Å². The first-order chi connectivity index (χ1) is 5.58. The topological polar surface area (TPSA) is 60.2 Å². The normalized spacial score (nSPS) is 18.8. The maximum atomic E-state index is 10.5. The van der Waals surface area contributed by atoms with Crippen molar-refractivity contribution in [1.82, 2.24) is 0 Å². The van der Waals surface area contributed by atoms with Gasteiger partial charge in [0, 0.05) is 0 Å². The molecule has 0 aliphatic heterocycles. The van der Waals surface area contributed by atoms with E-state index >= 15 is 0 Å². The van der Waals surface area contributed by atoms with Gasteiger partial charge in [0.1, 0.15) is 0 Å². The average molecular weight is 189 g/mol. The Morgan fingerprint density at radius 2 is 2.08 bits per heavy atom. The lowest BCUT2D eigenvalue weighted by Gasteiger charge is -1.93. The van der Waals surface area contributed by atoms with E-state index in [2.05, 4.69) is 12.2 Å². The number of sulfonamides is 1. The summed E-state index contributed by atoms with van der Waals surface area (Å²) in [5, 5.41) is 4.84. The van der Waals surface area contributed by atoms with Crippen molar-refractivity contribution in [1.29, 1.82) is 0 Å². The van der Waals surface area contributed by atoms with Gasteiger partial charge in [0.15, 0.2) is 0 Å². The van der Waals surface area contributed by atoms with Crippen LogP contribution in [-0.4, -0.2) is 14.2 Å². The standard InChI is InChI=1S/C8H15NO2S/c9-12(10,11)7-3-1-2-4-8-5-6-8/h2,4,8H,1,3,5-7H2,(H2,9,10,11). The van der Waals surface area contributed by atoms with Crippen molar-refractivity contribution < 1.29 is 8.42 Å². The molecule has 0 aromatic rings. The van der Waals surface area contributed by atoms with Gasteiger partial charge in [-0.3, -0.25) is 0 Å². The SMILES string of the molecule is NS(=O)(=O)CCCC=CC1CC1. The lowest BCUT2D eigenvalue weighted by atomic mass is 10.3. The third-order valence-electron chi connectivity index (χ3n) is 1.83. The summed E-state index contributed by atoms with van der Waals surface area (Å²) < 4.78 is 21.0. The highest BCUT2D eigenvalue weighted by molar-refractivity contribution is 7.89. The monoisotopic (exact) mass is 189 g/mol. The van der Waals surface area contributed by atoms with Gasteiger partial charge in [0.05, 0.1) is 5.75 Å². The Kier molecular flexibility index (Phi) is 3.29. The van der Waals surface area contributed by atoms with Gasteiger partial charge in [-0.1, -0.05) is 12.2 Å². The third-order valence-corrected chi connectivity index (χ3v) is 2.69. The molecule has 0 saturated heterocycles. The summed E-state index contributed by atoms with van der Waals surface area (Å²) in [5.74, 6) is 0.877. The predicted molar refractivity (Wildman–Crippen MR) is 49.1 cm³/mol. The summed E-state index contributed by atoms with van der Waals surface area (Å²) in [6, 6.07) is 0. The van der Waals surface area contributed by atoms with Crippen molar-refractivity contribution >= 4 is 10.0 Å². The Bertz CT molecular complexity index is 252. The van der Waals surface area contributed by atoms with Crippen LogP contribution in [0.5, 0.6) is 0 Å². The van der Waals surface area contributed by atoms with Gasteiger partial charge in [-0.05, 0) is 31.6 Å². The Labute approximate surface area is 73.7 Å². The van der Waals surface area contributed by atoms with Crippen molar-refractivity contribution in [3.8, 4) is 0 Å². The Balaban J connectivity index is 2.02. The van der Waals surface area contributed by atoms with E-state index in [4.69, 9.17) is 5.14 Å². The summed E-state index contributed by atoms with van der Waals surface area (Å²) in [5.41, 5.74) is 0. The van der Waals surface area contributed by atoms with Crippen molar-refractivity contribution in [2.24, 2.45) is 11.1 Å². The highest BCUT2D eigenvalue weighted by Gasteiger charge is 2.16. The zero-order chi connectivity index (χ0) is 9.03. The minimum absolute atomic E-state index is 0.0992. The number of rotatable bonds is 5. The number of hydrogen-bond acceptors (Lipinski definition) is 2. The summed E-state index contributed by atoms with van der Waals surface area (Å²) in [7, 11) is -3.24. The van der Waals surface area contributed by atoms with Gasteiger partial charge in [0.25, 0.3) is 0 Å². The number of nitrogens with two attached hydrogens (primary N) is 1. The fraction of sp³-hybridized carbons (Fsp3) is 0.750. The van der Waals surface area contributed by atoms with Gasteiger partial charge in [-0.2, -0.15) is 0 Å². The van der Waals surface area contributed by atoms with Crippen LogP contribution >= 0.6 is 0 Å². The van der Waals surface area contributed by atoms with Gasteiger partial charge < -0.3 is 0 Å². The second-order valence-corrected chi connectivity index (χ2v) is 5.01. The first-order valence-electron chi connectivity index (χ1n) is 4.25.